The van der Waals surface area contributed by atoms with Crippen molar-refractivity contribution in [1.82, 2.24) is 29.8 Å². The summed E-state index contributed by atoms with van der Waals surface area (Å²) >= 11 is 0. The molecule has 0 unspecified atom stereocenters. The fraction of sp³-hybridized carbons (Fsp3) is 0.294. The van der Waals surface area contributed by atoms with Crippen molar-refractivity contribution in [2.24, 2.45) is 0 Å². The van der Waals surface area contributed by atoms with Gasteiger partial charge >= 0.3 is 12.4 Å². The summed E-state index contributed by atoms with van der Waals surface area (Å²) < 4.78 is 59.0. The van der Waals surface area contributed by atoms with Crippen molar-refractivity contribution in [3.8, 4) is 0 Å². The number of aromatic nitrogens is 6. The molecule has 4 aromatic heterocycles. The predicted octanol–water partition coefficient (Wildman–Crippen LogP) is 3.47. The molecule has 0 spiro atoms. The van der Waals surface area contributed by atoms with Gasteiger partial charge in [0.25, 0.3) is 12.3 Å². The molecule has 0 saturated carbocycles. The van der Waals surface area contributed by atoms with Crippen LogP contribution in [-0.2, 0) is 6.42 Å². The van der Waals surface area contributed by atoms with Crippen molar-refractivity contribution in [3.05, 3.63) is 59.3 Å². The highest BCUT2D eigenvalue weighted by molar-refractivity contribution is 5.58. The van der Waals surface area contributed by atoms with Crippen molar-refractivity contribution < 1.29 is 22.0 Å². The van der Waals surface area contributed by atoms with E-state index in [-0.39, 0.29) is 17.1 Å². The summed E-state index contributed by atoms with van der Waals surface area (Å²) in [6.07, 6.45) is -1.96. The van der Waals surface area contributed by atoms with Gasteiger partial charge in [0.1, 0.15) is 6.04 Å². The monoisotopic (exact) mass is 407 g/mol. The van der Waals surface area contributed by atoms with Gasteiger partial charge in [0.15, 0.2) is 0 Å². The standard InChI is InChI=1S/C17H13F4N7O/c18-14(19)8-2-1-4-28-11(8)6-10(26-28)13-12-9(22-7-23-12)3-5-27(13)17-25-24-16(29-17)15(20)21/h1-2,4,6-7,13-15H,3,5H2,(H,22,23)/t13-/m1/s1. The van der Waals surface area contributed by atoms with Crippen LogP contribution in [0.4, 0.5) is 23.6 Å². The average molecular weight is 407 g/mol. The van der Waals surface area contributed by atoms with Crippen LogP contribution in [0, 0.1) is 0 Å². The molecule has 8 nitrogen and oxygen atoms in total. The zero-order valence-corrected chi connectivity index (χ0v) is 14.6. The van der Waals surface area contributed by atoms with Crippen molar-refractivity contribution in [2.45, 2.75) is 25.3 Å². The highest BCUT2D eigenvalue weighted by atomic mass is 19.3. The lowest BCUT2D eigenvalue weighted by Crippen LogP contribution is -2.36. The Kier molecular flexibility index (Phi) is 4.00. The van der Waals surface area contributed by atoms with Crippen LogP contribution in [-0.4, -0.2) is 36.3 Å². The normalized spacial score (nSPS) is 16.9. The van der Waals surface area contributed by atoms with Crippen LogP contribution in [0.25, 0.3) is 5.52 Å². The van der Waals surface area contributed by atoms with Gasteiger partial charge in [-0.15, -0.1) is 5.10 Å². The number of rotatable bonds is 4. The Bertz CT molecular complexity index is 1170. The summed E-state index contributed by atoms with van der Waals surface area (Å²) in [6, 6.07) is 3.58. The van der Waals surface area contributed by atoms with E-state index in [1.165, 1.54) is 29.0 Å². The van der Waals surface area contributed by atoms with Gasteiger partial charge in [-0.2, -0.15) is 13.9 Å². The molecule has 0 bridgehead atoms. The van der Waals surface area contributed by atoms with Gasteiger partial charge in [-0.3, -0.25) is 0 Å². The molecule has 150 valence electrons. The first-order valence-electron chi connectivity index (χ1n) is 8.69. The van der Waals surface area contributed by atoms with Crippen LogP contribution < -0.4 is 4.90 Å². The molecule has 0 radical (unpaired) electrons. The number of hydrogen-bond donors (Lipinski definition) is 1. The van der Waals surface area contributed by atoms with Crippen LogP contribution in [0.2, 0.25) is 0 Å². The molecule has 5 heterocycles. The van der Waals surface area contributed by atoms with Gasteiger partial charge in [0.2, 0.25) is 0 Å². The summed E-state index contributed by atoms with van der Waals surface area (Å²) in [5, 5.41) is 11.5. The van der Waals surface area contributed by atoms with E-state index in [0.29, 0.717) is 24.4 Å². The molecular formula is C17H13F4N7O. The maximum absolute atomic E-state index is 13.4. The Morgan fingerprint density at radius 1 is 1.17 bits per heavy atom. The number of anilines is 1. The van der Waals surface area contributed by atoms with E-state index in [2.05, 4.69) is 25.3 Å². The largest absolute Gasteiger partial charge is 0.402 e. The van der Waals surface area contributed by atoms with Crippen molar-refractivity contribution in [3.63, 3.8) is 0 Å². The lowest BCUT2D eigenvalue weighted by atomic mass is 10.00. The molecular weight excluding hydrogens is 394 g/mol. The first-order valence-corrected chi connectivity index (χ1v) is 8.69. The zero-order chi connectivity index (χ0) is 20.1. The second kappa shape index (κ2) is 6.57. The average Bonchev–Trinajstić information content (AvgIpc) is 3.44. The quantitative estimate of drug-likeness (QED) is 0.521. The lowest BCUT2D eigenvalue weighted by molar-refractivity contribution is 0.115. The summed E-state index contributed by atoms with van der Waals surface area (Å²) in [5.74, 6) is -0.790. The molecule has 1 aliphatic heterocycles. The maximum atomic E-state index is 13.4. The Morgan fingerprint density at radius 3 is 2.79 bits per heavy atom. The Balaban J connectivity index is 1.65. The SMILES string of the molecule is FC(F)c1nnc(N2CCc3[nH]cnc3[C@H]2c2cc3c(C(F)F)cccn3n2)o1. The lowest BCUT2D eigenvalue weighted by Gasteiger charge is -2.32. The van der Waals surface area contributed by atoms with Gasteiger partial charge in [0, 0.05) is 30.4 Å². The fourth-order valence-corrected chi connectivity index (χ4v) is 3.59. The molecule has 0 aliphatic carbocycles. The van der Waals surface area contributed by atoms with Crippen LogP contribution in [0.3, 0.4) is 0 Å². The number of alkyl halides is 4. The second-order valence-corrected chi connectivity index (χ2v) is 6.50. The van der Waals surface area contributed by atoms with E-state index >= 15 is 0 Å². The Hall–Kier alpha value is -3.44. The number of hydrogen-bond acceptors (Lipinski definition) is 6. The van der Waals surface area contributed by atoms with Gasteiger partial charge in [-0.25, -0.2) is 18.3 Å². The first kappa shape index (κ1) is 17.6. The number of aromatic amines is 1. The third-order valence-corrected chi connectivity index (χ3v) is 4.86. The molecule has 29 heavy (non-hydrogen) atoms. The number of halogens is 4. The molecule has 4 aromatic rings. The molecule has 5 rings (SSSR count). The van der Waals surface area contributed by atoms with E-state index < -0.39 is 24.8 Å². The summed E-state index contributed by atoms with van der Waals surface area (Å²) in [7, 11) is 0. The summed E-state index contributed by atoms with van der Waals surface area (Å²) in [4.78, 5) is 8.97. The summed E-state index contributed by atoms with van der Waals surface area (Å²) in [5.41, 5.74) is 1.93. The van der Waals surface area contributed by atoms with Crippen LogP contribution in [0.15, 0.2) is 35.1 Å². The minimum atomic E-state index is -2.90. The number of pyridine rings is 1. The number of nitrogens with zero attached hydrogens (tertiary/aromatic N) is 6. The molecule has 0 amide bonds. The predicted molar refractivity (Wildman–Crippen MR) is 90.9 cm³/mol. The Labute approximate surface area is 160 Å². The molecule has 1 N–H and O–H groups in total. The van der Waals surface area contributed by atoms with E-state index in [1.54, 1.807) is 11.1 Å². The molecule has 0 saturated heterocycles. The van der Waals surface area contributed by atoms with E-state index in [1.807, 2.05) is 0 Å². The fourth-order valence-electron chi connectivity index (χ4n) is 3.59. The van der Waals surface area contributed by atoms with Gasteiger partial charge in [0.05, 0.1) is 23.2 Å². The zero-order valence-electron chi connectivity index (χ0n) is 14.6. The number of H-pyrrole nitrogens is 1. The van der Waals surface area contributed by atoms with Gasteiger partial charge in [-0.05, 0) is 18.2 Å². The molecule has 0 fully saturated rings. The van der Waals surface area contributed by atoms with Crippen LogP contribution in [0.5, 0.6) is 0 Å². The topological polar surface area (TPSA) is 88.1 Å². The number of fused-ring (bicyclic) bond motifs is 2. The first-order chi connectivity index (χ1) is 14.0. The van der Waals surface area contributed by atoms with E-state index in [4.69, 9.17) is 4.42 Å². The highest BCUT2D eigenvalue weighted by Crippen LogP contribution is 2.37. The minimum Gasteiger partial charge on any atom is -0.402 e. The van der Waals surface area contributed by atoms with Crippen molar-refractivity contribution in [2.75, 3.05) is 11.4 Å². The number of nitrogens with one attached hydrogen (secondary N) is 1. The smallest absolute Gasteiger partial charge is 0.319 e. The third kappa shape index (κ3) is 2.82. The van der Waals surface area contributed by atoms with Crippen LogP contribution >= 0.6 is 0 Å². The second-order valence-electron chi connectivity index (χ2n) is 6.50. The van der Waals surface area contributed by atoms with Crippen molar-refractivity contribution >= 4 is 11.5 Å². The van der Waals surface area contributed by atoms with Gasteiger partial charge in [-0.1, -0.05) is 5.10 Å². The van der Waals surface area contributed by atoms with Crippen LogP contribution in [0.1, 0.15) is 47.4 Å². The third-order valence-electron chi connectivity index (χ3n) is 4.86. The maximum Gasteiger partial charge on any atom is 0.319 e. The van der Waals surface area contributed by atoms with Gasteiger partial charge < -0.3 is 14.3 Å². The molecule has 1 aliphatic rings. The summed E-state index contributed by atoms with van der Waals surface area (Å²) in [6.45, 7) is 0.361. The highest BCUT2D eigenvalue weighted by Gasteiger charge is 2.36. The van der Waals surface area contributed by atoms with Crippen molar-refractivity contribution in [1.29, 1.82) is 0 Å². The number of imidazole rings is 1. The Morgan fingerprint density at radius 2 is 2.03 bits per heavy atom. The molecule has 12 heteroatoms. The molecule has 1 atom stereocenters. The molecule has 0 aromatic carbocycles. The van der Waals surface area contributed by atoms with E-state index in [9.17, 15) is 17.6 Å². The minimum absolute atomic E-state index is 0.106. The van der Waals surface area contributed by atoms with E-state index in [0.717, 1.165) is 5.69 Å².